The Morgan fingerprint density at radius 2 is 2.00 bits per heavy atom. The first kappa shape index (κ1) is 8.70. The van der Waals surface area contributed by atoms with Crippen LogP contribution in [0.15, 0.2) is 24.3 Å². The van der Waals surface area contributed by atoms with Gasteiger partial charge in [0.05, 0.1) is 0 Å². The lowest BCUT2D eigenvalue weighted by Gasteiger charge is -2.30. The second-order valence-corrected chi connectivity index (χ2v) is 3.66. The van der Waals surface area contributed by atoms with Crippen molar-refractivity contribution in [3.05, 3.63) is 35.4 Å². The molecule has 0 radical (unpaired) electrons. The van der Waals surface area contributed by atoms with Crippen molar-refractivity contribution in [2.75, 3.05) is 6.54 Å². The van der Waals surface area contributed by atoms with Gasteiger partial charge in [0.1, 0.15) is 6.17 Å². The van der Waals surface area contributed by atoms with Gasteiger partial charge >= 0.3 is 0 Å². The van der Waals surface area contributed by atoms with Gasteiger partial charge in [-0.2, -0.15) is 0 Å². The van der Waals surface area contributed by atoms with Gasteiger partial charge in [0.15, 0.2) is 0 Å². The highest BCUT2D eigenvalue weighted by molar-refractivity contribution is 5.24. The van der Waals surface area contributed by atoms with Crippen molar-refractivity contribution in [2.24, 2.45) is 0 Å². The van der Waals surface area contributed by atoms with Crippen molar-refractivity contribution in [3.63, 3.8) is 0 Å². The lowest BCUT2D eigenvalue weighted by atomic mass is 9.96. The van der Waals surface area contributed by atoms with Crippen LogP contribution in [-0.2, 0) is 0 Å². The van der Waals surface area contributed by atoms with E-state index in [0.717, 1.165) is 18.5 Å². The third kappa shape index (κ3) is 1.73. The van der Waals surface area contributed by atoms with E-state index >= 15 is 0 Å². The molecule has 70 valence electrons. The van der Waals surface area contributed by atoms with Crippen molar-refractivity contribution >= 4 is 0 Å². The fourth-order valence-electron chi connectivity index (χ4n) is 1.54. The molecule has 0 aliphatic carbocycles. The fraction of sp³-hybridized carbons (Fsp3) is 0.455. The van der Waals surface area contributed by atoms with Crippen LogP contribution in [0.1, 0.15) is 23.7 Å². The summed E-state index contributed by atoms with van der Waals surface area (Å²) in [6.45, 7) is 2.97. The van der Waals surface area contributed by atoms with Gasteiger partial charge in [-0.15, -0.1) is 0 Å². The van der Waals surface area contributed by atoms with E-state index in [-0.39, 0.29) is 6.04 Å². The molecule has 1 aromatic rings. The molecule has 1 N–H and O–H groups in total. The van der Waals surface area contributed by atoms with Crippen LogP contribution in [0, 0.1) is 6.92 Å². The Kier molecular flexibility index (Phi) is 2.32. The zero-order valence-corrected chi connectivity index (χ0v) is 7.76. The summed E-state index contributed by atoms with van der Waals surface area (Å²) in [4.78, 5) is 0. The summed E-state index contributed by atoms with van der Waals surface area (Å²) in [5.41, 5.74) is 1.97. The summed E-state index contributed by atoms with van der Waals surface area (Å²) < 4.78 is 13.6. The van der Waals surface area contributed by atoms with Crippen molar-refractivity contribution in [2.45, 2.75) is 25.6 Å². The lowest BCUT2D eigenvalue weighted by molar-refractivity contribution is 0.194. The average Bonchev–Trinajstić information content (AvgIpc) is 2.02. The van der Waals surface area contributed by atoms with E-state index in [9.17, 15) is 4.39 Å². The number of hydrogen-bond donors (Lipinski definition) is 1. The molecule has 0 saturated carbocycles. The van der Waals surface area contributed by atoms with Crippen LogP contribution >= 0.6 is 0 Å². The van der Waals surface area contributed by atoms with Gasteiger partial charge in [-0.1, -0.05) is 29.8 Å². The van der Waals surface area contributed by atoms with Gasteiger partial charge < -0.3 is 5.32 Å². The Labute approximate surface area is 78.0 Å². The van der Waals surface area contributed by atoms with Crippen molar-refractivity contribution in [1.82, 2.24) is 5.32 Å². The Bertz CT molecular complexity index is 277. The molecule has 2 unspecified atom stereocenters. The molecule has 2 heteroatoms. The summed E-state index contributed by atoms with van der Waals surface area (Å²) in [5, 5.41) is 3.08. The van der Waals surface area contributed by atoms with E-state index in [1.807, 2.05) is 31.2 Å². The predicted molar refractivity (Wildman–Crippen MR) is 51.4 cm³/mol. The van der Waals surface area contributed by atoms with Crippen LogP contribution in [0.3, 0.4) is 0 Å². The first-order chi connectivity index (χ1) is 6.27. The predicted octanol–water partition coefficient (Wildman–Crippen LogP) is 2.37. The Hall–Kier alpha value is -0.890. The van der Waals surface area contributed by atoms with E-state index in [0.29, 0.717) is 0 Å². The second kappa shape index (κ2) is 3.46. The number of aryl methyl sites for hydroxylation is 1. The Balaban J connectivity index is 2.10. The van der Waals surface area contributed by atoms with Gasteiger partial charge in [-0.05, 0) is 25.5 Å². The van der Waals surface area contributed by atoms with Crippen LogP contribution in [0.5, 0.6) is 0 Å². The summed E-state index contributed by atoms with van der Waals surface area (Å²) in [6.07, 6.45) is 0.115. The highest BCUT2D eigenvalue weighted by atomic mass is 19.1. The molecule has 1 heterocycles. The van der Waals surface area contributed by atoms with Crippen LogP contribution in [-0.4, -0.2) is 12.6 Å². The number of alkyl halides is 1. The second-order valence-electron chi connectivity index (χ2n) is 3.66. The van der Waals surface area contributed by atoms with Crippen LogP contribution in [0.4, 0.5) is 4.39 Å². The highest BCUT2D eigenvalue weighted by Gasteiger charge is 2.27. The minimum atomic E-state index is -0.839. The molecule has 0 amide bonds. The van der Waals surface area contributed by atoms with E-state index in [4.69, 9.17) is 0 Å². The maximum Gasteiger partial charge on any atom is 0.140 e. The van der Waals surface area contributed by atoms with Gasteiger partial charge in [0, 0.05) is 6.04 Å². The molecule has 1 aliphatic heterocycles. The normalized spacial score (nSPS) is 23.7. The number of hydrogen-bond acceptors (Lipinski definition) is 1. The third-order valence-electron chi connectivity index (χ3n) is 2.61. The zero-order valence-electron chi connectivity index (χ0n) is 7.76. The summed E-state index contributed by atoms with van der Waals surface area (Å²) >= 11 is 0. The molecule has 0 aromatic heterocycles. The number of benzene rings is 1. The van der Waals surface area contributed by atoms with Gasteiger partial charge in [-0.3, -0.25) is 0 Å². The van der Waals surface area contributed by atoms with Gasteiger partial charge in [0.2, 0.25) is 0 Å². The van der Waals surface area contributed by atoms with E-state index < -0.39 is 6.17 Å². The largest absolute Gasteiger partial charge is 0.311 e. The lowest BCUT2D eigenvalue weighted by Crippen LogP contribution is -2.45. The SMILES string of the molecule is Cc1ccc(C(F)C2CCN2)cc1. The maximum atomic E-state index is 13.6. The van der Waals surface area contributed by atoms with Crippen LogP contribution < -0.4 is 5.32 Å². The topological polar surface area (TPSA) is 12.0 Å². The Morgan fingerprint density at radius 3 is 2.46 bits per heavy atom. The molecule has 2 rings (SSSR count). The monoisotopic (exact) mass is 179 g/mol. The van der Waals surface area contributed by atoms with Crippen molar-refractivity contribution in [1.29, 1.82) is 0 Å². The zero-order chi connectivity index (χ0) is 9.26. The Morgan fingerprint density at radius 1 is 1.38 bits per heavy atom. The van der Waals surface area contributed by atoms with Crippen LogP contribution in [0.2, 0.25) is 0 Å². The number of rotatable bonds is 2. The third-order valence-corrected chi connectivity index (χ3v) is 2.61. The molecule has 1 fully saturated rings. The van der Waals surface area contributed by atoms with E-state index in [2.05, 4.69) is 5.32 Å². The smallest absolute Gasteiger partial charge is 0.140 e. The molecule has 1 aromatic carbocycles. The van der Waals surface area contributed by atoms with Gasteiger partial charge in [0.25, 0.3) is 0 Å². The molecule has 1 aliphatic rings. The van der Waals surface area contributed by atoms with Crippen molar-refractivity contribution < 1.29 is 4.39 Å². The minimum absolute atomic E-state index is 0.0442. The average molecular weight is 179 g/mol. The number of halogens is 1. The van der Waals surface area contributed by atoms with E-state index in [1.165, 1.54) is 5.56 Å². The van der Waals surface area contributed by atoms with Crippen LogP contribution in [0.25, 0.3) is 0 Å². The molecule has 1 nitrogen and oxygen atoms in total. The fourth-order valence-corrected chi connectivity index (χ4v) is 1.54. The summed E-state index contributed by atoms with van der Waals surface area (Å²) in [6, 6.07) is 7.71. The molecular formula is C11H14FN. The summed E-state index contributed by atoms with van der Waals surface area (Å²) in [5.74, 6) is 0. The van der Waals surface area contributed by atoms with Crippen molar-refractivity contribution in [3.8, 4) is 0 Å². The standard InChI is InChI=1S/C11H14FN/c1-8-2-4-9(5-3-8)11(12)10-6-7-13-10/h2-5,10-11,13H,6-7H2,1H3. The quantitative estimate of drug-likeness (QED) is 0.735. The molecule has 0 bridgehead atoms. The molecular weight excluding hydrogens is 165 g/mol. The number of nitrogens with one attached hydrogen (secondary N) is 1. The van der Waals surface area contributed by atoms with E-state index in [1.54, 1.807) is 0 Å². The molecule has 2 atom stereocenters. The molecule has 13 heavy (non-hydrogen) atoms. The maximum absolute atomic E-state index is 13.6. The first-order valence-corrected chi connectivity index (χ1v) is 4.71. The minimum Gasteiger partial charge on any atom is -0.311 e. The molecule has 0 spiro atoms. The highest BCUT2D eigenvalue weighted by Crippen LogP contribution is 2.26. The summed E-state index contributed by atoms with van der Waals surface area (Å²) in [7, 11) is 0. The molecule has 1 saturated heterocycles. The van der Waals surface area contributed by atoms with Gasteiger partial charge in [-0.25, -0.2) is 4.39 Å². The first-order valence-electron chi connectivity index (χ1n) is 4.71.